The van der Waals surface area contributed by atoms with Crippen LogP contribution >= 0.6 is 50.9 Å². The number of halogens is 3. The molecule has 0 aliphatic heterocycles. The number of aromatic nitrogens is 3. The first-order valence-corrected chi connectivity index (χ1v) is 12.2. The Labute approximate surface area is 203 Å². The summed E-state index contributed by atoms with van der Waals surface area (Å²) >= 11 is 16.8. The van der Waals surface area contributed by atoms with Gasteiger partial charge in [-0.25, -0.2) is 0 Å². The number of hydrogen-bond acceptors (Lipinski definition) is 5. The van der Waals surface area contributed by atoms with Crippen LogP contribution in [0.4, 0.5) is 5.69 Å². The Morgan fingerprint density at radius 1 is 1.23 bits per heavy atom. The van der Waals surface area contributed by atoms with Crippen molar-refractivity contribution in [3.63, 3.8) is 0 Å². The molecule has 164 valence electrons. The van der Waals surface area contributed by atoms with E-state index < -0.39 is 0 Å². The molecule has 0 unspecified atom stereocenters. The summed E-state index contributed by atoms with van der Waals surface area (Å²) in [4.78, 5) is 12.3. The lowest BCUT2D eigenvalue weighted by Gasteiger charge is -2.09. The van der Waals surface area contributed by atoms with Crippen molar-refractivity contribution in [2.24, 2.45) is 0 Å². The number of anilines is 1. The number of thioether (sulfide) groups is 1. The number of amides is 1. The molecule has 31 heavy (non-hydrogen) atoms. The van der Waals surface area contributed by atoms with E-state index in [0.29, 0.717) is 28.8 Å². The van der Waals surface area contributed by atoms with Gasteiger partial charge in [-0.3, -0.25) is 4.79 Å². The number of ether oxygens (including phenoxy) is 1. The van der Waals surface area contributed by atoms with Gasteiger partial charge in [-0.15, -0.1) is 10.2 Å². The first-order chi connectivity index (χ1) is 15.0. The van der Waals surface area contributed by atoms with Crippen molar-refractivity contribution < 1.29 is 9.53 Å². The normalized spacial score (nSPS) is 10.8. The predicted octanol–water partition coefficient (Wildman–Crippen LogP) is 6.11. The highest BCUT2D eigenvalue weighted by atomic mass is 79.9. The number of hydrogen-bond donors (Lipinski definition) is 1. The molecule has 3 aromatic rings. The number of nitrogens with one attached hydrogen (secondary N) is 1. The molecule has 0 aliphatic rings. The first kappa shape index (κ1) is 23.9. The summed E-state index contributed by atoms with van der Waals surface area (Å²) in [5.74, 6) is 1.63. The molecule has 1 amide bonds. The second-order valence-electron chi connectivity index (χ2n) is 6.52. The lowest BCUT2D eigenvalue weighted by Crippen LogP contribution is -2.14. The molecule has 0 bridgehead atoms. The van der Waals surface area contributed by atoms with Crippen LogP contribution in [0, 0.1) is 0 Å². The SMILES string of the molecule is CCn1c(CCCOc2ccc(Cl)cc2Cl)nnc1SCC(=O)Nc1cccc(Br)c1. The Hall–Kier alpha value is -1.74. The van der Waals surface area contributed by atoms with Crippen molar-refractivity contribution in [2.75, 3.05) is 17.7 Å². The summed E-state index contributed by atoms with van der Waals surface area (Å²) < 4.78 is 8.66. The molecule has 3 rings (SSSR count). The van der Waals surface area contributed by atoms with Crippen LogP contribution in [-0.2, 0) is 17.8 Å². The van der Waals surface area contributed by atoms with E-state index in [0.717, 1.165) is 34.1 Å². The van der Waals surface area contributed by atoms with Crippen LogP contribution in [0.2, 0.25) is 10.0 Å². The average molecular weight is 544 g/mol. The van der Waals surface area contributed by atoms with E-state index in [1.807, 2.05) is 35.8 Å². The molecule has 10 heteroatoms. The van der Waals surface area contributed by atoms with Crippen molar-refractivity contribution >= 4 is 62.5 Å². The molecule has 0 saturated carbocycles. The summed E-state index contributed by atoms with van der Waals surface area (Å²) in [6, 6.07) is 12.6. The fourth-order valence-electron chi connectivity index (χ4n) is 2.83. The molecule has 6 nitrogen and oxygen atoms in total. The van der Waals surface area contributed by atoms with Crippen molar-refractivity contribution in [3.05, 3.63) is 62.8 Å². The van der Waals surface area contributed by atoms with Crippen molar-refractivity contribution in [2.45, 2.75) is 31.5 Å². The van der Waals surface area contributed by atoms with Gasteiger partial charge >= 0.3 is 0 Å². The fourth-order valence-corrected chi connectivity index (χ4v) is 4.51. The maximum absolute atomic E-state index is 12.3. The van der Waals surface area contributed by atoms with Crippen LogP contribution in [0.1, 0.15) is 19.2 Å². The smallest absolute Gasteiger partial charge is 0.234 e. The third-order valence-corrected chi connectivity index (χ3v) is 6.24. The second-order valence-corrected chi connectivity index (χ2v) is 9.22. The second kappa shape index (κ2) is 11.8. The Bertz CT molecular complexity index is 1050. The zero-order valence-corrected chi connectivity index (χ0v) is 20.7. The molecule has 0 aliphatic carbocycles. The minimum Gasteiger partial charge on any atom is -0.492 e. The summed E-state index contributed by atoms with van der Waals surface area (Å²) in [5, 5.41) is 13.2. The van der Waals surface area contributed by atoms with Gasteiger partial charge in [0.2, 0.25) is 5.91 Å². The molecule has 0 radical (unpaired) electrons. The van der Waals surface area contributed by atoms with E-state index in [-0.39, 0.29) is 11.7 Å². The van der Waals surface area contributed by atoms with Gasteiger partial charge in [-0.2, -0.15) is 0 Å². The number of nitrogens with zero attached hydrogens (tertiary/aromatic N) is 3. The van der Waals surface area contributed by atoms with E-state index in [1.54, 1.807) is 18.2 Å². The molecule has 0 fully saturated rings. The molecule has 2 aromatic carbocycles. The van der Waals surface area contributed by atoms with Gasteiger partial charge in [0.25, 0.3) is 0 Å². The Morgan fingerprint density at radius 3 is 2.81 bits per heavy atom. The molecule has 1 heterocycles. The zero-order valence-electron chi connectivity index (χ0n) is 16.8. The van der Waals surface area contributed by atoms with Gasteiger partial charge in [0.1, 0.15) is 11.6 Å². The highest BCUT2D eigenvalue weighted by Crippen LogP contribution is 2.27. The number of rotatable bonds is 10. The minimum atomic E-state index is -0.0939. The standard InChI is InChI=1S/C21H21BrCl2N4O2S/c1-2-28-19(7-4-10-30-18-9-8-15(23)12-17(18)24)26-27-21(28)31-13-20(29)25-16-6-3-5-14(22)11-16/h3,5-6,8-9,11-12H,2,4,7,10,13H2,1H3,(H,25,29). The van der Waals surface area contributed by atoms with E-state index in [4.69, 9.17) is 27.9 Å². The quantitative estimate of drug-likeness (QED) is 0.247. The maximum Gasteiger partial charge on any atom is 0.234 e. The van der Waals surface area contributed by atoms with Gasteiger partial charge in [0.15, 0.2) is 5.16 Å². The van der Waals surface area contributed by atoms with E-state index >= 15 is 0 Å². The molecule has 1 N–H and O–H groups in total. The number of aryl methyl sites for hydroxylation is 1. The van der Waals surface area contributed by atoms with Gasteiger partial charge in [-0.1, -0.05) is 57.0 Å². The lowest BCUT2D eigenvalue weighted by molar-refractivity contribution is -0.113. The van der Waals surface area contributed by atoms with Crippen LogP contribution in [0.5, 0.6) is 5.75 Å². The molecule has 0 saturated heterocycles. The molecule has 0 spiro atoms. The van der Waals surface area contributed by atoms with Gasteiger partial charge < -0.3 is 14.6 Å². The first-order valence-electron chi connectivity index (χ1n) is 9.64. The number of carbonyl (C=O) groups is 1. The summed E-state index contributed by atoms with van der Waals surface area (Å²) in [6.45, 7) is 3.25. The van der Waals surface area contributed by atoms with Crippen LogP contribution in [0.25, 0.3) is 0 Å². The Morgan fingerprint density at radius 2 is 2.06 bits per heavy atom. The van der Waals surface area contributed by atoms with Gasteiger partial charge in [0.05, 0.1) is 17.4 Å². The van der Waals surface area contributed by atoms with Gasteiger partial charge in [0, 0.05) is 28.1 Å². The summed E-state index contributed by atoms with van der Waals surface area (Å²) in [5.41, 5.74) is 0.749. The third kappa shape index (κ3) is 7.14. The van der Waals surface area contributed by atoms with Gasteiger partial charge in [-0.05, 0) is 49.7 Å². The molecular weight excluding hydrogens is 523 g/mol. The van der Waals surface area contributed by atoms with Crippen LogP contribution < -0.4 is 10.1 Å². The zero-order chi connectivity index (χ0) is 22.2. The lowest BCUT2D eigenvalue weighted by atomic mass is 10.3. The number of benzene rings is 2. The van der Waals surface area contributed by atoms with Crippen LogP contribution in [-0.4, -0.2) is 33.0 Å². The minimum absolute atomic E-state index is 0.0939. The monoisotopic (exact) mass is 542 g/mol. The highest BCUT2D eigenvalue weighted by Gasteiger charge is 2.13. The van der Waals surface area contributed by atoms with Crippen molar-refractivity contribution in [3.8, 4) is 5.75 Å². The van der Waals surface area contributed by atoms with Crippen molar-refractivity contribution in [1.82, 2.24) is 14.8 Å². The van der Waals surface area contributed by atoms with Crippen LogP contribution in [0.15, 0.2) is 52.1 Å². The summed E-state index contributed by atoms with van der Waals surface area (Å²) in [6.07, 6.45) is 1.46. The van der Waals surface area contributed by atoms with E-state index in [1.165, 1.54) is 11.8 Å². The number of carbonyl (C=O) groups excluding carboxylic acids is 1. The molecular formula is C21H21BrCl2N4O2S. The van der Waals surface area contributed by atoms with Crippen molar-refractivity contribution in [1.29, 1.82) is 0 Å². The summed E-state index contributed by atoms with van der Waals surface area (Å²) in [7, 11) is 0. The average Bonchev–Trinajstić information content (AvgIpc) is 3.12. The fraction of sp³-hybridized carbons (Fsp3) is 0.286. The van der Waals surface area contributed by atoms with Crippen LogP contribution in [0.3, 0.4) is 0 Å². The topological polar surface area (TPSA) is 69.0 Å². The largest absolute Gasteiger partial charge is 0.492 e. The Kier molecular flexibility index (Phi) is 9.07. The highest BCUT2D eigenvalue weighted by molar-refractivity contribution is 9.10. The molecule has 0 atom stereocenters. The maximum atomic E-state index is 12.3. The third-order valence-electron chi connectivity index (χ3n) is 4.25. The Balaban J connectivity index is 1.48. The molecule has 1 aromatic heterocycles. The van der Waals surface area contributed by atoms with E-state index in [2.05, 4.69) is 31.4 Å². The predicted molar refractivity (Wildman–Crippen MR) is 129 cm³/mol. The van der Waals surface area contributed by atoms with E-state index in [9.17, 15) is 4.79 Å².